The second-order valence-corrected chi connectivity index (χ2v) is 9.47. The molecule has 3 aromatic rings. The van der Waals surface area contributed by atoms with Crippen LogP contribution in [-0.4, -0.2) is 50.8 Å². The molecule has 4 N–H and O–H groups in total. The first kappa shape index (κ1) is 23.8. The Hall–Kier alpha value is -3.95. The van der Waals surface area contributed by atoms with Crippen molar-refractivity contribution >= 4 is 17.8 Å². The molecule has 1 unspecified atom stereocenters. The zero-order valence-electron chi connectivity index (χ0n) is 20.5. The van der Waals surface area contributed by atoms with Crippen LogP contribution in [0.1, 0.15) is 42.7 Å². The molecule has 10 nitrogen and oxygen atoms in total. The van der Waals surface area contributed by atoms with Gasteiger partial charge >= 0.3 is 6.03 Å². The van der Waals surface area contributed by atoms with Crippen LogP contribution in [-0.2, 0) is 12.8 Å². The van der Waals surface area contributed by atoms with E-state index in [4.69, 9.17) is 4.52 Å². The number of rotatable bonds is 8. The van der Waals surface area contributed by atoms with Gasteiger partial charge in [0.2, 0.25) is 17.7 Å². The topological polar surface area (TPSA) is 130 Å². The maximum absolute atomic E-state index is 12.7. The lowest BCUT2D eigenvalue weighted by atomic mass is 9.91. The maximum Gasteiger partial charge on any atom is 0.315 e. The van der Waals surface area contributed by atoms with Crippen molar-refractivity contribution in [3.8, 4) is 11.4 Å². The van der Waals surface area contributed by atoms with Gasteiger partial charge in [0.25, 0.3) is 0 Å². The van der Waals surface area contributed by atoms with Crippen LogP contribution in [0.4, 0.5) is 16.6 Å². The van der Waals surface area contributed by atoms with Crippen molar-refractivity contribution in [3.05, 3.63) is 60.1 Å². The van der Waals surface area contributed by atoms with Gasteiger partial charge in [-0.05, 0) is 61.8 Å². The first-order valence-electron chi connectivity index (χ1n) is 12.5. The molecule has 0 radical (unpaired) electrons. The first-order valence-corrected chi connectivity index (χ1v) is 12.5. The smallest absolute Gasteiger partial charge is 0.315 e. The zero-order valence-corrected chi connectivity index (χ0v) is 20.5. The maximum atomic E-state index is 12.7. The Morgan fingerprint density at radius 2 is 1.83 bits per heavy atom. The summed E-state index contributed by atoms with van der Waals surface area (Å²) < 4.78 is 5.10. The Morgan fingerprint density at radius 1 is 1.06 bits per heavy atom. The van der Waals surface area contributed by atoms with E-state index < -0.39 is 0 Å². The molecule has 1 saturated carbocycles. The highest BCUT2D eigenvalue weighted by atomic mass is 16.5. The number of carbonyl (C=O) groups excluding carboxylic acids is 1. The number of benzene rings is 1. The fourth-order valence-corrected chi connectivity index (χ4v) is 4.96. The van der Waals surface area contributed by atoms with E-state index >= 15 is 0 Å². The second-order valence-electron chi connectivity index (χ2n) is 9.47. The van der Waals surface area contributed by atoms with E-state index in [1.165, 1.54) is 11.1 Å². The quantitative estimate of drug-likeness (QED) is 0.354. The molecule has 0 spiro atoms. The molecule has 5 rings (SSSR count). The summed E-state index contributed by atoms with van der Waals surface area (Å²) in [6, 6.07) is 8.49. The summed E-state index contributed by atoms with van der Waals surface area (Å²) in [6.07, 6.45) is 8.89. The highest BCUT2D eigenvalue weighted by Crippen LogP contribution is 2.27. The Balaban J connectivity index is 1.06. The van der Waals surface area contributed by atoms with Gasteiger partial charge in [-0.3, -0.25) is 0 Å². The molecule has 36 heavy (non-hydrogen) atoms. The monoisotopic (exact) mass is 488 g/mol. The zero-order chi connectivity index (χ0) is 24.9. The summed E-state index contributed by atoms with van der Waals surface area (Å²) in [5, 5.41) is 16.9. The third-order valence-corrected chi connectivity index (χ3v) is 6.74. The van der Waals surface area contributed by atoms with Gasteiger partial charge in [-0.1, -0.05) is 23.4 Å². The number of amides is 2. The summed E-state index contributed by atoms with van der Waals surface area (Å²) in [5.74, 6) is 2.54. The Labute approximate surface area is 210 Å². The number of nitrogens with one attached hydrogen (secondary N) is 4. The third-order valence-electron chi connectivity index (χ3n) is 6.74. The third kappa shape index (κ3) is 5.81. The molecule has 1 atom stereocenters. The predicted octanol–water partition coefficient (Wildman–Crippen LogP) is 3.62. The van der Waals surface area contributed by atoms with E-state index in [9.17, 15) is 4.79 Å². The molecule has 0 aliphatic heterocycles. The molecular weight excluding hydrogens is 456 g/mol. The molecule has 2 heterocycles. The van der Waals surface area contributed by atoms with Gasteiger partial charge in [-0.15, -0.1) is 6.58 Å². The van der Waals surface area contributed by atoms with Crippen LogP contribution < -0.4 is 21.3 Å². The average molecular weight is 489 g/mol. The number of hydrogen-bond donors (Lipinski definition) is 4. The highest BCUT2D eigenvalue weighted by molar-refractivity contribution is 5.75. The lowest BCUT2D eigenvalue weighted by molar-refractivity contribution is 0.228. The molecule has 2 aromatic heterocycles. The normalized spacial score (nSPS) is 20.9. The van der Waals surface area contributed by atoms with E-state index in [-0.39, 0.29) is 18.1 Å². The van der Waals surface area contributed by atoms with Gasteiger partial charge in [0, 0.05) is 43.4 Å². The van der Waals surface area contributed by atoms with E-state index in [0.29, 0.717) is 30.3 Å². The summed E-state index contributed by atoms with van der Waals surface area (Å²) in [7, 11) is 0. The summed E-state index contributed by atoms with van der Waals surface area (Å²) in [4.78, 5) is 25.8. The second kappa shape index (κ2) is 10.8. The Bertz CT molecular complexity index is 1220. The molecule has 2 aliphatic rings. The number of urea groups is 1. The van der Waals surface area contributed by atoms with Crippen molar-refractivity contribution in [2.24, 2.45) is 0 Å². The number of aryl methyl sites for hydroxylation is 1. The standard InChI is InChI=1S/C26H32N8O2/c1-3-11-27-23-10-12-28-25(33-23)30-20-6-8-21(9-7-20)31-26(35)32-22-14-17-4-5-18(13-19(17)15-22)24-29-16(2)36-34-24/h3-5,10,12-13,20-22H,1,6-9,11,14-15H2,2H3,(H2,31,32,35)(H2,27,28,30,33). The van der Waals surface area contributed by atoms with E-state index in [1.807, 2.05) is 12.1 Å². The number of anilines is 2. The van der Waals surface area contributed by atoms with E-state index in [1.54, 1.807) is 19.2 Å². The molecule has 1 fully saturated rings. The largest absolute Gasteiger partial charge is 0.366 e. The number of fused-ring (bicyclic) bond motifs is 1. The lowest BCUT2D eigenvalue weighted by Crippen LogP contribution is -2.48. The average Bonchev–Trinajstić information content (AvgIpc) is 3.49. The minimum absolute atomic E-state index is 0.0828. The predicted molar refractivity (Wildman–Crippen MR) is 138 cm³/mol. The first-order chi connectivity index (χ1) is 17.6. The van der Waals surface area contributed by atoms with Gasteiger partial charge in [0.05, 0.1) is 0 Å². The number of carbonyl (C=O) groups is 1. The van der Waals surface area contributed by atoms with Crippen molar-refractivity contribution in [1.82, 2.24) is 30.7 Å². The lowest BCUT2D eigenvalue weighted by Gasteiger charge is -2.30. The number of nitrogens with zero attached hydrogens (tertiary/aromatic N) is 4. The van der Waals surface area contributed by atoms with Crippen molar-refractivity contribution in [3.63, 3.8) is 0 Å². The van der Waals surface area contributed by atoms with Crippen molar-refractivity contribution in [1.29, 1.82) is 0 Å². The fourth-order valence-electron chi connectivity index (χ4n) is 4.96. The Morgan fingerprint density at radius 3 is 2.61 bits per heavy atom. The van der Waals surface area contributed by atoms with Gasteiger partial charge in [-0.2, -0.15) is 9.97 Å². The molecule has 0 saturated heterocycles. The Kier molecular flexibility index (Phi) is 7.11. The molecular formula is C26H32N8O2. The van der Waals surface area contributed by atoms with Crippen LogP contribution >= 0.6 is 0 Å². The molecule has 1 aromatic carbocycles. The molecule has 188 valence electrons. The van der Waals surface area contributed by atoms with Crippen molar-refractivity contribution < 1.29 is 9.32 Å². The highest BCUT2D eigenvalue weighted by Gasteiger charge is 2.26. The van der Waals surface area contributed by atoms with E-state index in [0.717, 1.165) is 49.9 Å². The van der Waals surface area contributed by atoms with Crippen molar-refractivity contribution in [2.45, 2.75) is 63.6 Å². The van der Waals surface area contributed by atoms with E-state index in [2.05, 4.69) is 60.1 Å². The van der Waals surface area contributed by atoms with Gasteiger partial charge in [0.15, 0.2) is 0 Å². The minimum Gasteiger partial charge on any atom is -0.366 e. The summed E-state index contributed by atoms with van der Waals surface area (Å²) in [5.41, 5.74) is 3.41. The number of aromatic nitrogens is 4. The fraction of sp³-hybridized carbons (Fsp3) is 0.423. The molecule has 0 bridgehead atoms. The van der Waals surface area contributed by atoms with Crippen LogP contribution in [0.15, 0.2) is 47.6 Å². The van der Waals surface area contributed by atoms with Gasteiger partial charge < -0.3 is 25.8 Å². The summed E-state index contributed by atoms with van der Waals surface area (Å²) >= 11 is 0. The SMILES string of the molecule is C=CCNc1ccnc(NC2CCC(NC(=O)NC3Cc4ccc(-c5noc(C)n5)cc4C3)CC2)n1. The molecule has 10 heteroatoms. The summed E-state index contributed by atoms with van der Waals surface area (Å²) in [6.45, 7) is 6.14. The molecule has 2 amide bonds. The van der Waals surface area contributed by atoms with Crippen LogP contribution in [0.3, 0.4) is 0 Å². The van der Waals surface area contributed by atoms with Crippen LogP contribution in [0.5, 0.6) is 0 Å². The van der Waals surface area contributed by atoms with Crippen LogP contribution in [0, 0.1) is 6.92 Å². The minimum atomic E-state index is -0.0949. The van der Waals surface area contributed by atoms with Crippen LogP contribution in [0.2, 0.25) is 0 Å². The van der Waals surface area contributed by atoms with Gasteiger partial charge in [0.1, 0.15) is 5.82 Å². The van der Waals surface area contributed by atoms with Crippen molar-refractivity contribution in [2.75, 3.05) is 17.2 Å². The van der Waals surface area contributed by atoms with Gasteiger partial charge in [-0.25, -0.2) is 9.78 Å². The number of hydrogen-bond acceptors (Lipinski definition) is 8. The molecule has 2 aliphatic carbocycles. The van der Waals surface area contributed by atoms with Crippen LogP contribution in [0.25, 0.3) is 11.4 Å².